The van der Waals surface area contributed by atoms with Gasteiger partial charge in [-0.1, -0.05) is 25.5 Å². The van der Waals surface area contributed by atoms with Gasteiger partial charge in [-0.2, -0.15) is 0 Å². The second-order valence-electron chi connectivity index (χ2n) is 6.33. The number of amides is 1. The molecular formula is C18H27BrN2O. The monoisotopic (exact) mass is 366 g/mol. The van der Waals surface area contributed by atoms with E-state index in [1.807, 2.05) is 29.2 Å². The fraction of sp³-hybridized carbons (Fsp3) is 0.611. The summed E-state index contributed by atoms with van der Waals surface area (Å²) in [6, 6.07) is 7.70. The summed E-state index contributed by atoms with van der Waals surface area (Å²) in [5, 5.41) is 0. The number of likely N-dealkylation sites (tertiary alicyclic amines) is 1. The van der Waals surface area contributed by atoms with Gasteiger partial charge in [-0.25, -0.2) is 0 Å². The van der Waals surface area contributed by atoms with Crippen LogP contribution in [0.5, 0.6) is 0 Å². The molecule has 0 aromatic heterocycles. The number of nitrogens with zero attached hydrogens (tertiary/aromatic N) is 2. The summed E-state index contributed by atoms with van der Waals surface area (Å²) in [6.07, 6.45) is 4.76. The maximum absolute atomic E-state index is 12.6. The molecule has 1 amide bonds. The lowest BCUT2D eigenvalue weighted by molar-refractivity contribution is 0.0672. The molecule has 0 atom stereocenters. The van der Waals surface area contributed by atoms with Gasteiger partial charge in [0, 0.05) is 24.1 Å². The molecule has 0 radical (unpaired) electrons. The molecule has 1 aliphatic rings. The van der Waals surface area contributed by atoms with Crippen LogP contribution in [0.25, 0.3) is 0 Å². The van der Waals surface area contributed by atoms with Gasteiger partial charge in [-0.3, -0.25) is 4.79 Å². The van der Waals surface area contributed by atoms with Crippen LogP contribution in [0.3, 0.4) is 0 Å². The van der Waals surface area contributed by atoms with Crippen molar-refractivity contribution in [1.82, 2.24) is 9.80 Å². The standard InChI is InChI=1S/C18H27BrN2O/c1-3-4-11-20(2)14-15-9-12-21(13-10-15)18(22)16-7-5-6-8-17(16)19/h5-8,15H,3-4,9-14H2,1-2H3. The molecule has 1 heterocycles. The van der Waals surface area contributed by atoms with E-state index < -0.39 is 0 Å². The van der Waals surface area contributed by atoms with Crippen molar-refractivity contribution in [2.24, 2.45) is 5.92 Å². The van der Waals surface area contributed by atoms with E-state index in [4.69, 9.17) is 0 Å². The van der Waals surface area contributed by atoms with Crippen LogP contribution in [0.4, 0.5) is 0 Å². The molecule has 1 aliphatic heterocycles. The molecule has 0 bridgehead atoms. The molecule has 22 heavy (non-hydrogen) atoms. The minimum Gasteiger partial charge on any atom is -0.339 e. The Bertz CT molecular complexity index is 484. The third kappa shape index (κ3) is 4.82. The Morgan fingerprint density at radius 1 is 1.32 bits per heavy atom. The molecule has 3 nitrogen and oxygen atoms in total. The highest BCUT2D eigenvalue weighted by Crippen LogP contribution is 2.23. The summed E-state index contributed by atoms with van der Waals surface area (Å²) in [5.74, 6) is 0.885. The van der Waals surface area contributed by atoms with Gasteiger partial charge >= 0.3 is 0 Å². The van der Waals surface area contributed by atoms with Gasteiger partial charge in [0.25, 0.3) is 5.91 Å². The lowest BCUT2D eigenvalue weighted by Crippen LogP contribution is -2.41. The molecule has 4 heteroatoms. The molecule has 1 aromatic carbocycles. The van der Waals surface area contributed by atoms with Gasteiger partial charge in [-0.15, -0.1) is 0 Å². The van der Waals surface area contributed by atoms with Crippen LogP contribution in [-0.4, -0.2) is 48.9 Å². The van der Waals surface area contributed by atoms with E-state index in [-0.39, 0.29) is 5.91 Å². The Hall–Kier alpha value is -0.870. The summed E-state index contributed by atoms with van der Waals surface area (Å²) in [6.45, 7) is 6.35. The predicted octanol–water partition coefficient (Wildman–Crippen LogP) is 4.03. The number of piperidine rings is 1. The lowest BCUT2D eigenvalue weighted by atomic mass is 9.95. The van der Waals surface area contributed by atoms with Crippen molar-refractivity contribution in [2.75, 3.05) is 33.2 Å². The Balaban J connectivity index is 1.82. The van der Waals surface area contributed by atoms with E-state index in [0.717, 1.165) is 48.4 Å². The quantitative estimate of drug-likeness (QED) is 0.758. The minimum atomic E-state index is 0.158. The third-order valence-corrected chi connectivity index (χ3v) is 5.16. The van der Waals surface area contributed by atoms with Gasteiger partial charge in [0.1, 0.15) is 0 Å². The molecule has 1 saturated heterocycles. The second kappa shape index (κ2) is 8.68. The topological polar surface area (TPSA) is 23.6 Å². The normalized spacial score (nSPS) is 16.3. The molecule has 2 rings (SSSR count). The highest BCUT2D eigenvalue weighted by atomic mass is 79.9. The van der Waals surface area contributed by atoms with Crippen molar-refractivity contribution in [3.63, 3.8) is 0 Å². The third-order valence-electron chi connectivity index (χ3n) is 4.47. The van der Waals surface area contributed by atoms with Gasteiger partial charge in [-0.05, 0) is 66.8 Å². The zero-order chi connectivity index (χ0) is 15.9. The van der Waals surface area contributed by atoms with E-state index in [1.165, 1.54) is 19.4 Å². The van der Waals surface area contributed by atoms with E-state index in [2.05, 4.69) is 34.8 Å². The summed E-state index contributed by atoms with van der Waals surface area (Å²) in [4.78, 5) is 17.0. The number of rotatable bonds is 6. The van der Waals surface area contributed by atoms with Crippen LogP contribution in [-0.2, 0) is 0 Å². The number of halogens is 1. The van der Waals surface area contributed by atoms with Crippen LogP contribution < -0.4 is 0 Å². The largest absolute Gasteiger partial charge is 0.339 e. The number of unbranched alkanes of at least 4 members (excludes halogenated alkanes) is 1. The number of hydrogen-bond donors (Lipinski definition) is 0. The first-order chi connectivity index (χ1) is 10.6. The average Bonchev–Trinajstić information content (AvgIpc) is 2.53. The predicted molar refractivity (Wildman–Crippen MR) is 95.2 cm³/mol. The second-order valence-corrected chi connectivity index (χ2v) is 7.19. The van der Waals surface area contributed by atoms with Crippen LogP contribution in [0.2, 0.25) is 0 Å². The average molecular weight is 367 g/mol. The number of hydrogen-bond acceptors (Lipinski definition) is 2. The molecular weight excluding hydrogens is 340 g/mol. The summed E-state index contributed by atoms with van der Waals surface area (Å²) in [7, 11) is 2.22. The molecule has 0 aliphatic carbocycles. The fourth-order valence-electron chi connectivity index (χ4n) is 3.08. The van der Waals surface area contributed by atoms with Gasteiger partial charge in [0.05, 0.1) is 5.56 Å². The summed E-state index contributed by atoms with van der Waals surface area (Å²) < 4.78 is 0.890. The highest BCUT2D eigenvalue weighted by Gasteiger charge is 2.25. The maximum atomic E-state index is 12.6. The van der Waals surface area contributed by atoms with Crippen molar-refractivity contribution in [3.8, 4) is 0 Å². The number of carbonyl (C=O) groups is 1. The molecule has 0 N–H and O–H groups in total. The van der Waals surface area contributed by atoms with Crippen molar-refractivity contribution < 1.29 is 4.79 Å². The van der Waals surface area contributed by atoms with E-state index in [0.29, 0.717) is 0 Å². The zero-order valence-electron chi connectivity index (χ0n) is 13.7. The van der Waals surface area contributed by atoms with Crippen molar-refractivity contribution >= 4 is 21.8 Å². The smallest absolute Gasteiger partial charge is 0.254 e. The van der Waals surface area contributed by atoms with Gasteiger partial charge in [0.2, 0.25) is 0 Å². The first-order valence-corrected chi connectivity index (χ1v) is 9.13. The van der Waals surface area contributed by atoms with Crippen molar-refractivity contribution in [1.29, 1.82) is 0 Å². The van der Waals surface area contributed by atoms with E-state index in [1.54, 1.807) is 0 Å². The number of benzene rings is 1. The summed E-state index contributed by atoms with van der Waals surface area (Å²) >= 11 is 3.48. The molecule has 0 spiro atoms. The van der Waals surface area contributed by atoms with Crippen LogP contribution in [0, 0.1) is 5.92 Å². The Kier molecular flexibility index (Phi) is 6.90. The first kappa shape index (κ1) is 17.5. The minimum absolute atomic E-state index is 0.158. The molecule has 1 aromatic rings. The van der Waals surface area contributed by atoms with Crippen molar-refractivity contribution in [3.05, 3.63) is 34.3 Å². The maximum Gasteiger partial charge on any atom is 0.254 e. The first-order valence-electron chi connectivity index (χ1n) is 8.34. The highest BCUT2D eigenvalue weighted by molar-refractivity contribution is 9.10. The van der Waals surface area contributed by atoms with E-state index >= 15 is 0 Å². The molecule has 0 saturated carbocycles. The zero-order valence-corrected chi connectivity index (χ0v) is 15.3. The summed E-state index contributed by atoms with van der Waals surface area (Å²) in [5.41, 5.74) is 0.779. The number of carbonyl (C=O) groups excluding carboxylic acids is 1. The van der Waals surface area contributed by atoms with E-state index in [9.17, 15) is 4.79 Å². The molecule has 1 fully saturated rings. The van der Waals surface area contributed by atoms with Gasteiger partial charge in [0.15, 0.2) is 0 Å². The van der Waals surface area contributed by atoms with Gasteiger partial charge < -0.3 is 9.80 Å². The van der Waals surface area contributed by atoms with Crippen molar-refractivity contribution in [2.45, 2.75) is 32.6 Å². The molecule has 122 valence electrons. The lowest BCUT2D eigenvalue weighted by Gasteiger charge is -2.34. The molecule has 0 unspecified atom stereocenters. The SMILES string of the molecule is CCCCN(C)CC1CCN(C(=O)c2ccccc2Br)CC1. The Labute approximate surface area is 142 Å². The fourth-order valence-corrected chi connectivity index (χ4v) is 3.54. The van der Waals surface area contributed by atoms with Crippen LogP contribution in [0.1, 0.15) is 43.0 Å². The Morgan fingerprint density at radius 2 is 2.00 bits per heavy atom. The Morgan fingerprint density at radius 3 is 2.64 bits per heavy atom. The van der Waals surface area contributed by atoms with Crippen LogP contribution >= 0.6 is 15.9 Å². The van der Waals surface area contributed by atoms with Crippen LogP contribution in [0.15, 0.2) is 28.7 Å².